The Morgan fingerprint density at radius 2 is 2.06 bits per heavy atom. The summed E-state index contributed by atoms with van der Waals surface area (Å²) in [5.41, 5.74) is 6.60. The zero-order chi connectivity index (χ0) is 12.0. The fraction of sp³-hybridized carbons (Fsp3) is 0. The summed E-state index contributed by atoms with van der Waals surface area (Å²) in [4.78, 5) is 25.2. The summed E-state index contributed by atoms with van der Waals surface area (Å²) in [5.74, 6) is -0.808. The molecule has 0 fully saturated rings. The number of nitrogens with two attached hydrogens (primary N) is 1. The summed E-state index contributed by atoms with van der Waals surface area (Å²) < 4.78 is 3.64. The number of hydrogen-bond donors (Lipinski definition) is 1. The van der Waals surface area contributed by atoms with Gasteiger partial charge in [0.05, 0.1) is 17.3 Å². The van der Waals surface area contributed by atoms with Crippen molar-refractivity contribution < 1.29 is 9.59 Å². The van der Waals surface area contributed by atoms with Crippen LogP contribution in [0.5, 0.6) is 0 Å². The minimum Gasteiger partial charge on any atom is -0.398 e. The van der Waals surface area contributed by atoms with Crippen molar-refractivity contribution in [3.05, 3.63) is 35.5 Å². The lowest BCUT2D eigenvalue weighted by Crippen LogP contribution is -2.28. The monoisotopic (exact) mass is 246 g/mol. The van der Waals surface area contributed by atoms with E-state index in [2.05, 4.69) is 9.59 Å². The van der Waals surface area contributed by atoms with Gasteiger partial charge in [0, 0.05) is 17.2 Å². The van der Waals surface area contributed by atoms with Crippen LogP contribution < -0.4 is 10.6 Å². The molecule has 2 amide bonds. The Balaban J connectivity index is 2.19. The first-order chi connectivity index (χ1) is 8.20. The van der Waals surface area contributed by atoms with E-state index in [1.807, 2.05) is 0 Å². The molecule has 0 bridgehead atoms. The first kappa shape index (κ1) is 9.91. The second-order valence-corrected chi connectivity index (χ2v) is 4.24. The number of carbonyl (C=O) groups is 2. The van der Waals surface area contributed by atoms with E-state index >= 15 is 0 Å². The van der Waals surface area contributed by atoms with Crippen LogP contribution >= 0.6 is 11.5 Å². The predicted octanol–water partition coefficient (Wildman–Crippen LogP) is 0.921. The molecule has 2 heterocycles. The maximum atomic E-state index is 12.1. The van der Waals surface area contributed by atoms with E-state index in [0.717, 1.165) is 16.4 Å². The largest absolute Gasteiger partial charge is 0.398 e. The second kappa shape index (κ2) is 3.36. The Morgan fingerprint density at radius 1 is 1.24 bits per heavy atom. The summed E-state index contributed by atoms with van der Waals surface area (Å²) in [6.07, 6.45) is 1.38. The SMILES string of the molecule is Nc1cccc2c1C(=O)N(c1cnns1)C2=O. The molecule has 7 heteroatoms. The molecule has 17 heavy (non-hydrogen) atoms. The van der Waals surface area contributed by atoms with E-state index in [1.165, 1.54) is 6.20 Å². The van der Waals surface area contributed by atoms with E-state index in [4.69, 9.17) is 5.73 Å². The Bertz CT molecular complexity index is 623. The van der Waals surface area contributed by atoms with Gasteiger partial charge in [0.25, 0.3) is 11.8 Å². The fourth-order valence-corrected chi connectivity index (χ4v) is 2.29. The molecule has 0 aliphatic carbocycles. The van der Waals surface area contributed by atoms with Crippen molar-refractivity contribution in [2.45, 2.75) is 0 Å². The number of aromatic nitrogens is 2. The van der Waals surface area contributed by atoms with Crippen LogP contribution in [0.2, 0.25) is 0 Å². The minimum atomic E-state index is -0.422. The van der Waals surface area contributed by atoms with Gasteiger partial charge in [0.2, 0.25) is 0 Å². The predicted molar refractivity (Wildman–Crippen MR) is 61.9 cm³/mol. The van der Waals surface area contributed by atoms with Crippen LogP contribution in [-0.2, 0) is 0 Å². The molecule has 0 saturated heterocycles. The van der Waals surface area contributed by atoms with Crippen molar-refractivity contribution in [2.24, 2.45) is 0 Å². The third kappa shape index (κ3) is 1.26. The molecule has 3 rings (SSSR count). The maximum absolute atomic E-state index is 12.1. The van der Waals surface area contributed by atoms with Crippen molar-refractivity contribution in [3.8, 4) is 0 Å². The number of anilines is 2. The highest BCUT2D eigenvalue weighted by Crippen LogP contribution is 2.32. The van der Waals surface area contributed by atoms with Crippen LogP contribution in [0, 0.1) is 0 Å². The molecule has 1 aliphatic heterocycles. The van der Waals surface area contributed by atoms with Gasteiger partial charge in [-0.15, -0.1) is 5.10 Å². The van der Waals surface area contributed by atoms with Gasteiger partial charge in [-0.1, -0.05) is 10.6 Å². The molecule has 1 aromatic heterocycles. The van der Waals surface area contributed by atoms with Crippen molar-refractivity contribution in [1.29, 1.82) is 0 Å². The van der Waals surface area contributed by atoms with E-state index < -0.39 is 5.91 Å². The van der Waals surface area contributed by atoms with E-state index in [9.17, 15) is 9.59 Å². The number of hydrogen-bond acceptors (Lipinski definition) is 6. The van der Waals surface area contributed by atoms with Crippen molar-refractivity contribution >= 4 is 34.0 Å². The van der Waals surface area contributed by atoms with Gasteiger partial charge in [-0.05, 0) is 12.1 Å². The summed E-state index contributed by atoms with van der Waals surface area (Å²) in [6.45, 7) is 0. The highest BCUT2D eigenvalue weighted by Gasteiger charge is 2.38. The van der Waals surface area contributed by atoms with Crippen LogP contribution in [0.3, 0.4) is 0 Å². The molecule has 0 unspecified atom stereocenters. The van der Waals surface area contributed by atoms with Gasteiger partial charge in [-0.25, -0.2) is 4.90 Å². The lowest BCUT2D eigenvalue weighted by Gasteiger charge is -2.08. The Hall–Kier alpha value is -2.28. The molecular formula is C10H6N4O2S. The van der Waals surface area contributed by atoms with Gasteiger partial charge in [0.15, 0.2) is 0 Å². The minimum absolute atomic E-state index is 0.255. The summed E-state index contributed by atoms with van der Waals surface area (Å²) in [5, 5.41) is 4.01. The molecule has 1 aromatic carbocycles. The normalized spacial score (nSPS) is 14.2. The molecule has 2 aromatic rings. The lowest BCUT2D eigenvalue weighted by molar-refractivity contribution is 0.0927. The fourth-order valence-electron chi connectivity index (χ4n) is 1.77. The van der Waals surface area contributed by atoms with E-state index in [1.54, 1.807) is 18.2 Å². The third-order valence-corrected chi connectivity index (χ3v) is 3.17. The molecule has 84 valence electrons. The standard InChI is InChI=1S/C10H6N4O2S/c11-6-3-1-2-5-8(6)10(16)14(9(5)15)7-4-12-13-17-7/h1-4H,11H2. The number of amides is 2. The molecule has 0 atom stereocenters. The zero-order valence-corrected chi connectivity index (χ0v) is 9.27. The summed E-state index contributed by atoms with van der Waals surface area (Å²) >= 11 is 0.986. The smallest absolute Gasteiger partial charge is 0.268 e. The number of nitrogen functional groups attached to an aromatic ring is 1. The van der Waals surface area contributed by atoms with Gasteiger partial charge in [-0.3, -0.25) is 9.59 Å². The molecule has 2 N–H and O–H groups in total. The zero-order valence-electron chi connectivity index (χ0n) is 8.45. The van der Waals surface area contributed by atoms with Crippen molar-refractivity contribution in [2.75, 3.05) is 10.6 Å². The molecule has 1 aliphatic rings. The average Bonchev–Trinajstić information content (AvgIpc) is 2.88. The highest BCUT2D eigenvalue weighted by atomic mass is 32.1. The number of carbonyl (C=O) groups excluding carboxylic acids is 2. The van der Waals surface area contributed by atoms with Crippen molar-refractivity contribution in [1.82, 2.24) is 9.59 Å². The highest BCUT2D eigenvalue weighted by molar-refractivity contribution is 7.10. The number of rotatable bonds is 1. The van der Waals surface area contributed by atoms with Gasteiger partial charge in [-0.2, -0.15) is 0 Å². The first-order valence-corrected chi connectivity index (χ1v) is 5.52. The van der Waals surface area contributed by atoms with Crippen LogP contribution in [0.15, 0.2) is 24.4 Å². The van der Waals surface area contributed by atoms with E-state index in [-0.39, 0.29) is 11.5 Å². The Labute approximate surface area is 99.8 Å². The number of fused-ring (bicyclic) bond motifs is 1. The number of imide groups is 1. The van der Waals surface area contributed by atoms with Crippen molar-refractivity contribution in [3.63, 3.8) is 0 Å². The van der Waals surface area contributed by atoms with Crippen LogP contribution in [0.4, 0.5) is 10.7 Å². The molecule has 0 radical (unpaired) electrons. The maximum Gasteiger partial charge on any atom is 0.268 e. The molecular weight excluding hydrogens is 240 g/mol. The Morgan fingerprint density at radius 3 is 2.71 bits per heavy atom. The number of nitrogens with zero attached hydrogens (tertiary/aromatic N) is 3. The topological polar surface area (TPSA) is 89.2 Å². The quantitative estimate of drug-likeness (QED) is 0.597. The van der Waals surface area contributed by atoms with Gasteiger partial charge in [0.1, 0.15) is 5.00 Å². The van der Waals surface area contributed by atoms with Gasteiger partial charge >= 0.3 is 0 Å². The van der Waals surface area contributed by atoms with E-state index in [0.29, 0.717) is 16.3 Å². The average molecular weight is 246 g/mol. The molecule has 0 spiro atoms. The second-order valence-electron chi connectivity index (χ2n) is 3.47. The third-order valence-electron chi connectivity index (χ3n) is 2.52. The summed E-state index contributed by atoms with van der Waals surface area (Å²) in [6, 6.07) is 4.83. The van der Waals surface area contributed by atoms with Crippen LogP contribution in [0.1, 0.15) is 20.7 Å². The summed E-state index contributed by atoms with van der Waals surface area (Å²) in [7, 11) is 0. The van der Waals surface area contributed by atoms with Crippen LogP contribution in [0.25, 0.3) is 0 Å². The molecule has 6 nitrogen and oxygen atoms in total. The van der Waals surface area contributed by atoms with Gasteiger partial charge < -0.3 is 5.73 Å². The number of benzene rings is 1. The lowest BCUT2D eigenvalue weighted by atomic mass is 10.1. The molecule has 0 saturated carbocycles. The van der Waals surface area contributed by atoms with Crippen LogP contribution in [-0.4, -0.2) is 21.4 Å². The first-order valence-electron chi connectivity index (χ1n) is 4.75. The Kier molecular flexibility index (Phi) is 1.96.